The van der Waals surface area contributed by atoms with E-state index in [1.165, 1.54) is 10.4 Å². The first-order chi connectivity index (χ1) is 12.1. The molecule has 2 fully saturated rings. The zero-order valence-corrected chi connectivity index (χ0v) is 15.7. The van der Waals surface area contributed by atoms with Crippen molar-refractivity contribution in [2.45, 2.75) is 38.8 Å². The number of nitrogens with zero attached hydrogens (tertiary/aromatic N) is 3. The van der Waals surface area contributed by atoms with Gasteiger partial charge in [-0.05, 0) is 18.9 Å². The van der Waals surface area contributed by atoms with Crippen molar-refractivity contribution < 1.29 is 4.79 Å². The molecule has 132 valence electrons. The summed E-state index contributed by atoms with van der Waals surface area (Å²) in [6.45, 7) is 7.63. The maximum absolute atomic E-state index is 11.9. The molecule has 0 unspecified atom stereocenters. The minimum absolute atomic E-state index is 0.210. The molecule has 0 N–H and O–H groups in total. The van der Waals surface area contributed by atoms with Crippen LogP contribution in [-0.4, -0.2) is 46.4 Å². The SMILES string of the molecule is CC(=O)N1CC[C@@H]2[C@H](C1)[C@@H](c1ccccc1)CN2Cc1scnc1C. The van der Waals surface area contributed by atoms with E-state index in [0.717, 1.165) is 38.3 Å². The van der Waals surface area contributed by atoms with Crippen LogP contribution in [0.2, 0.25) is 0 Å². The van der Waals surface area contributed by atoms with Gasteiger partial charge in [0.1, 0.15) is 0 Å². The summed E-state index contributed by atoms with van der Waals surface area (Å²) in [5.41, 5.74) is 4.52. The van der Waals surface area contributed by atoms with Gasteiger partial charge in [0.25, 0.3) is 0 Å². The van der Waals surface area contributed by atoms with Crippen molar-refractivity contribution >= 4 is 17.2 Å². The first-order valence-corrected chi connectivity index (χ1v) is 9.95. The molecule has 25 heavy (non-hydrogen) atoms. The van der Waals surface area contributed by atoms with E-state index in [0.29, 0.717) is 17.9 Å². The minimum Gasteiger partial charge on any atom is -0.343 e. The van der Waals surface area contributed by atoms with Crippen LogP contribution in [0.25, 0.3) is 0 Å². The van der Waals surface area contributed by atoms with Gasteiger partial charge in [0.15, 0.2) is 0 Å². The van der Waals surface area contributed by atoms with E-state index in [-0.39, 0.29) is 5.91 Å². The van der Waals surface area contributed by atoms with Crippen LogP contribution >= 0.6 is 11.3 Å². The summed E-state index contributed by atoms with van der Waals surface area (Å²) < 4.78 is 0. The highest BCUT2D eigenvalue weighted by atomic mass is 32.1. The van der Waals surface area contributed by atoms with E-state index in [2.05, 4.69) is 47.1 Å². The number of amides is 1. The lowest BCUT2D eigenvalue weighted by molar-refractivity contribution is -0.131. The summed E-state index contributed by atoms with van der Waals surface area (Å²) in [7, 11) is 0. The van der Waals surface area contributed by atoms with Crippen molar-refractivity contribution in [3.63, 3.8) is 0 Å². The Hall–Kier alpha value is -1.72. The summed E-state index contributed by atoms with van der Waals surface area (Å²) >= 11 is 1.76. The molecule has 4 rings (SSSR count). The smallest absolute Gasteiger partial charge is 0.219 e. The van der Waals surface area contributed by atoms with Crippen molar-refractivity contribution in [3.05, 3.63) is 52.0 Å². The number of aryl methyl sites for hydroxylation is 1. The molecule has 2 saturated heterocycles. The molecule has 0 bridgehead atoms. The third-order valence-electron chi connectivity index (χ3n) is 5.90. The lowest BCUT2D eigenvalue weighted by Crippen LogP contribution is -2.47. The summed E-state index contributed by atoms with van der Waals surface area (Å²) in [5, 5.41) is 0. The number of fused-ring (bicyclic) bond motifs is 1. The third kappa shape index (κ3) is 3.23. The second-order valence-electron chi connectivity index (χ2n) is 7.29. The van der Waals surface area contributed by atoms with Crippen molar-refractivity contribution in [1.29, 1.82) is 0 Å². The van der Waals surface area contributed by atoms with Crippen LogP contribution in [0.15, 0.2) is 35.8 Å². The lowest BCUT2D eigenvalue weighted by atomic mass is 9.82. The number of carbonyl (C=O) groups is 1. The number of thiazole rings is 1. The Labute approximate surface area is 153 Å². The fourth-order valence-corrected chi connectivity index (χ4v) is 5.33. The zero-order chi connectivity index (χ0) is 17.4. The number of carbonyl (C=O) groups excluding carboxylic acids is 1. The van der Waals surface area contributed by atoms with Crippen molar-refractivity contribution in [2.75, 3.05) is 19.6 Å². The molecular weight excluding hydrogens is 330 g/mol. The second kappa shape index (κ2) is 6.89. The molecule has 1 aromatic carbocycles. The highest BCUT2D eigenvalue weighted by molar-refractivity contribution is 7.09. The van der Waals surface area contributed by atoms with Crippen LogP contribution in [0.3, 0.4) is 0 Å². The molecule has 1 amide bonds. The van der Waals surface area contributed by atoms with Crippen LogP contribution in [0.4, 0.5) is 0 Å². The normalized spacial score (nSPS) is 26.6. The van der Waals surface area contributed by atoms with E-state index < -0.39 is 0 Å². The molecule has 2 aliphatic heterocycles. The van der Waals surface area contributed by atoms with Gasteiger partial charge >= 0.3 is 0 Å². The van der Waals surface area contributed by atoms with Crippen LogP contribution in [0.5, 0.6) is 0 Å². The average molecular weight is 356 g/mol. The van der Waals surface area contributed by atoms with Crippen LogP contribution < -0.4 is 0 Å². The predicted octanol–water partition coefficient (Wildman–Crippen LogP) is 3.29. The largest absolute Gasteiger partial charge is 0.343 e. The molecule has 0 aliphatic carbocycles. The highest BCUT2D eigenvalue weighted by Crippen LogP contribution is 2.42. The van der Waals surface area contributed by atoms with Gasteiger partial charge in [-0.25, -0.2) is 4.98 Å². The molecule has 1 aromatic heterocycles. The van der Waals surface area contributed by atoms with Gasteiger partial charge in [-0.3, -0.25) is 9.69 Å². The lowest BCUT2D eigenvalue weighted by Gasteiger charge is -2.38. The van der Waals surface area contributed by atoms with Crippen molar-refractivity contribution in [3.8, 4) is 0 Å². The van der Waals surface area contributed by atoms with Crippen molar-refractivity contribution in [2.24, 2.45) is 5.92 Å². The number of hydrogen-bond donors (Lipinski definition) is 0. The third-order valence-corrected chi connectivity index (χ3v) is 6.82. The zero-order valence-electron chi connectivity index (χ0n) is 14.9. The first-order valence-electron chi connectivity index (χ1n) is 9.07. The van der Waals surface area contributed by atoms with E-state index in [1.54, 1.807) is 18.3 Å². The topological polar surface area (TPSA) is 36.4 Å². The Balaban J connectivity index is 1.61. The second-order valence-corrected chi connectivity index (χ2v) is 8.23. The molecule has 2 aliphatic rings. The molecular formula is C20H25N3OS. The Morgan fingerprint density at radius 3 is 2.76 bits per heavy atom. The molecule has 3 atom stereocenters. The van der Waals surface area contributed by atoms with Crippen LogP contribution in [0.1, 0.15) is 35.4 Å². The average Bonchev–Trinajstić information content (AvgIpc) is 3.19. The number of likely N-dealkylation sites (tertiary alicyclic amines) is 2. The standard InChI is InChI=1S/C20H25N3OS/c1-14-20(25-13-21-14)12-23-10-17(16-6-4-3-5-7-16)18-11-22(15(2)24)9-8-19(18)23/h3-7,13,17-19H,8-12H2,1-2H3/t17-,18-,19-/m1/s1. The van der Waals surface area contributed by atoms with E-state index in [9.17, 15) is 4.79 Å². The Kier molecular flexibility index (Phi) is 4.61. The van der Waals surface area contributed by atoms with E-state index in [4.69, 9.17) is 0 Å². The van der Waals surface area contributed by atoms with Gasteiger partial charge < -0.3 is 4.90 Å². The number of aromatic nitrogens is 1. The predicted molar refractivity (Wildman–Crippen MR) is 101 cm³/mol. The Morgan fingerprint density at radius 2 is 2.08 bits per heavy atom. The number of benzene rings is 1. The van der Waals surface area contributed by atoms with Gasteiger partial charge in [0, 0.05) is 55.9 Å². The molecule has 2 aromatic rings. The Bertz CT molecular complexity index is 744. The highest BCUT2D eigenvalue weighted by Gasteiger charge is 2.45. The summed E-state index contributed by atoms with van der Waals surface area (Å²) in [4.78, 5) is 22.4. The molecule has 4 nitrogen and oxygen atoms in total. The summed E-state index contributed by atoms with van der Waals surface area (Å²) in [6.07, 6.45) is 1.07. The Morgan fingerprint density at radius 1 is 1.28 bits per heavy atom. The van der Waals surface area contributed by atoms with E-state index in [1.807, 2.05) is 10.4 Å². The maximum Gasteiger partial charge on any atom is 0.219 e. The summed E-state index contributed by atoms with van der Waals surface area (Å²) in [6, 6.07) is 11.4. The fourth-order valence-electron chi connectivity index (χ4n) is 4.52. The van der Waals surface area contributed by atoms with Crippen LogP contribution in [0, 0.1) is 12.8 Å². The monoisotopic (exact) mass is 355 g/mol. The fraction of sp³-hybridized carbons (Fsp3) is 0.500. The van der Waals surface area contributed by atoms with Gasteiger partial charge in [0.05, 0.1) is 11.2 Å². The summed E-state index contributed by atoms with van der Waals surface area (Å²) in [5.74, 6) is 1.23. The number of hydrogen-bond acceptors (Lipinski definition) is 4. The maximum atomic E-state index is 11.9. The van der Waals surface area contributed by atoms with E-state index >= 15 is 0 Å². The number of rotatable bonds is 3. The number of piperidine rings is 1. The quantitative estimate of drug-likeness (QED) is 0.848. The van der Waals surface area contributed by atoms with Crippen LogP contribution in [-0.2, 0) is 11.3 Å². The van der Waals surface area contributed by atoms with Gasteiger partial charge in [-0.15, -0.1) is 11.3 Å². The molecule has 0 spiro atoms. The minimum atomic E-state index is 0.210. The molecule has 0 radical (unpaired) electrons. The van der Waals surface area contributed by atoms with Gasteiger partial charge in [-0.2, -0.15) is 0 Å². The molecule has 0 saturated carbocycles. The molecule has 5 heteroatoms. The molecule has 3 heterocycles. The van der Waals surface area contributed by atoms with Crippen molar-refractivity contribution in [1.82, 2.24) is 14.8 Å². The first kappa shape index (κ1) is 16.7. The van der Waals surface area contributed by atoms with Gasteiger partial charge in [0.2, 0.25) is 5.91 Å². The van der Waals surface area contributed by atoms with Gasteiger partial charge in [-0.1, -0.05) is 30.3 Å².